The number of methoxy groups -OCH3 is 1. The highest BCUT2D eigenvalue weighted by molar-refractivity contribution is 5.14. The van der Waals surface area contributed by atoms with Crippen LogP contribution in [0.2, 0.25) is 0 Å². The Bertz CT molecular complexity index is 421. The number of hydrogen-bond donors (Lipinski definition) is 1. The number of aryl methyl sites for hydroxylation is 2. The maximum atomic E-state index is 5.97. The summed E-state index contributed by atoms with van der Waals surface area (Å²) in [5.74, 6) is 0. The van der Waals surface area contributed by atoms with Crippen LogP contribution in [0.5, 0.6) is 0 Å². The molecule has 114 valence electrons. The molecule has 0 bridgehead atoms. The molecule has 1 aromatic rings. The molecule has 1 aliphatic carbocycles. The van der Waals surface area contributed by atoms with Crippen molar-refractivity contribution in [2.75, 3.05) is 13.7 Å². The molecular weight excluding hydrogens is 250 g/mol. The van der Waals surface area contributed by atoms with Gasteiger partial charge in [0.2, 0.25) is 0 Å². The summed E-state index contributed by atoms with van der Waals surface area (Å²) in [5.41, 5.74) is 2.49. The molecule has 0 amide bonds. The van der Waals surface area contributed by atoms with Crippen molar-refractivity contribution in [3.05, 3.63) is 17.5 Å². The third-order valence-electron chi connectivity index (χ3n) is 4.74. The lowest BCUT2D eigenvalue weighted by molar-refractivity contribution is -0.0355. The average Bonchev–Trinajstić information content (AvgIpc) is 3.06. The lowest BCUT2D eigenvalue weighted by Gasteiger charge is -2.37. The van der Waals surface area contributed by atoms with Gasteiger partial charge in [-0.2, -0.15) is 5.10 Å². The maximum Gasteiger partial charge on any atom is 0.0834 e. The number of aromatic nitrogens is 2. The topological polar surface area (TPSA) is 39.1 Å². The summed E-state index contributed by atoms with van der Waals surface area (Å²) in [6.07, 6.45) is 6.88. The molecule has 1 atom stereocenters. The van der Waals surface area contributed by atoms with Crippen LogP contribution in [-0.4, -0.2) is 35.1 Å². The van der Waals surface area contributed by atoms with E-state index in [0.717, 1.165) is 19.4 Å². The highest BCUT2D eigenvalue weighted by atomic mass is 16.5. The molecule has 0 spiro atoms. The van der Waals surface area contributed by atoms with E-state index in [1.165, 1.54) is 37.1 Å². The normalized spacial score (nSPS) is 19.4. The Morgan fingerprint density at radius 3 is 2.60 bits per heavy atom. The summed E-state index contributed by atoms with van der Waals surface area (Å²) < 4.78 is 8.00. The van der Waals surface area contributed by atoms with Crippen molar-refractivity contribution in [3.8, 4) is 0 Å². The first-order chi connectivity index (χ1) is 9.65. The van der Waals surface area contributed by atoms with Gasteiger partial charge in [0.05, 0.1) is 11.3 Å². The second-order valence-corrected chi connectivity index (χ2v) is 5.89. The van der Waals surface area contributed by atoms with Gasteiger partial charge in [-0.25, -0.2) is 0 Å². The number of ether oxygens (including phenoxy) is 1. The largest absolute Gasteiger partial charge is 0.377 e. The Morgan fingerprint density at radius 1 is 1.40 bits per heavy atom. The van der Waals surface area contributed by atoms with Crippen molar-refractivity contribution in [3.63, 3.8) is 0 Å². The molecule has 1 heterocycles. The zero-order chi connectivity index (χ0) is 14.6. The van der Waals surface area contributed by atoms with E-state index in [0.29, 0.717) is 6.04 Å². The summed E-state index contributed by atoms with van der Waals surface area (Å²) >= 11 is 0. The lowest BCUT2D eigenvalue weighted by Crippen LogP contribution is -2.51. The van der Waals surface area contributed by atoms with Crippen molar-refractivity contribution < 1.29 is 4.74 Å². The van der Waals surface area contributed by atoms with Gasteiger partial charge in [0.1, 0.15) is 0 Å². The van der Waals surface area contributed by atoms with Crippen molar-refractivity contribution in [2.24, 2.45) is 7.05 Å². The molecule has 4 heteroatoms. The molecule has 0 aromatic carbocycles. The van der Waals surface area contributed by atoms with Gasteiger partial charge in [0.15, 0.2) is 0 Å². The molecule has 1 aromatic heterocycles. The Hall–Kier alpha value is -0.870. The number of nitrogens with zero attached hydrogens (tertiary/aromatic N) is 2. The summed E-state index contributed by atoms with van der Waals surface area (Å²) in [6, 6.07) is 2.61. The summed E-state index contributed by atoms with van der Waals surface area (Å²) in [4.78, 5) is 0. The van der Waals surface area contributed by atoms with E-state index in [1.54, 1.807) is 0 Å². The summed E-state index contributed by atoms with van der Waals surface area (Å²) in [7, 11) is 3.92. The molecule has 2 rings (SSSR count). The smallest absolute Gasteiger partial charge is 0.0834 e. The van der Waals surface area contributed by atoms with Crippen LogP contribution in [0.3, 0.4) is 0 Å². The van der Waals surface area contributed by atoms with Gasteiger partial charge in [-0.15, -0.1) is 0 Å². The molecule has 1 unspecified atom stereocenters. The Kier molecular flexibility index (Phi) is 5.22. The second-order valence-electron chi connectivity index (χ2n) is 5.89. The molecule has 1 fully saturated rings. The number of nitrogens with one attached hydrogen (secondary N) is 1. The SMILES string of the molecule is CCNC(Cc1cc(CC)nn1C)C1(OC)CCCC1. The standard InChI is InChI=1S/C16H29N3O/c1-5-13-11-14(19(3)18-13)12-15(17-6-2)16(20-4)9-7-8-10-16/h11,15,17H,5-10,12H2,1-4H3. The first-order valence-corrected chi connectivity index (χ1v) is 7.95. The second kappa shape index (κ2) is 6.72. The fraction of sp³-hybridized carbons (Fsp3) is 0.812. The molecule has 1 saturated carbocycles. The highest BCUT2D eigenvalue weighted by Crippen LogP contribution is 2.36. The van der Waals surface area contributed by atoms with Gasteiger partial charge in [-0.3, -0.25) is 4.68 Å². The minimum Gasteiger partial charge on any atom is -0.377 e. The van der Waals surface area contributed by atoms with Crippen molar-refractivity contribution in [1.82, 2.24) is 15.1 Å². The van der Waals surface area contributed by atoms with Crippen LogP contribution in [0, 0.1) is 0 Å². The fourth-order valence-electron chi connectivity index (χ4n) is 3.50. The number of rotatable bonds is 7. The van der Waals surface area contributed by atoms with E-state index in [4.69, 9.17) is 4.74 Å². The fourth-order valence-corrected chi connectivity index (χ4v) is 3.50. The lowest BCUT2D eigenvalue weighted by atomic mass is 9.88. The van der Waals surface area contributed by atoms with Crippen LogP contribution in [0.25, 0.3) is 0 Å². The molecular formula is C16H29N3O. The van der Waals surface area contributed by atoms with Gasteiger partial charge >= 0.3 is 0 Å². The molecule has 1 aliphatic rings. The van der Waals surface area contributed by atoms with Gasteiger partial charge in [0.25, 0.3) is 0 Å². The summed E-state index contributed by atoms with van der Waals surface area (Å²) in [5, 5.41) is 8.22. The van der Waals surface area contributed by atoms with E-state index in [9.17, 15) is 0 Å². The number of likely N-dealkylation sites (N-methyl/N-ethyl adjacent to an activating group) is 1. The third-order valence-corrected chi connectivity index (χ3v) is 4.74. The minimum atomic E-state index is 0.00661. The average molecular weight is 279 g/mol. The van der Waals surface area contributed by atoms with Crippen LogP contribution in [-0.2, 0) is 24.6 Å². The van der Waals surface area contributed by atoms with Gasteiger partial charge in [-0.05, 0) is 31.9 Å². The predicted octanol–water partition coefficient (Wildman–Crippen LogP) is 2.46. The van der Waals surface area contributed by atoms with Crippen molar-refractivity contribution in [2.45, 2.75) is 64.0 Å². The van der Waals surface area contributed by atoms with Crippen LogP contribution in [0.4, 0.5) is 0 Å². The van der Waals surface area contributed by atoms with Crippen LogP contribution >= 0.6 is 0 Å². The molecule has 0 saturated heterocycles. The Morgan fingerprint density at radius 2 is 2.10 bits per heavy atom. The van der Waals surface area contributed by atoms with Gasteiger partial charge < -0.3 is 10.1 Å². The minimum absolute atomic E-state index is 0.00661. The first-order valence-electron chi connectivity index (χ1n) is 7.95. The van der Waals surface area contributed by atoms with Crippen molar-refractivity contribution in [1.29, 1.82) is 0 Å². The zero-order valence-corrected chi connectivity index (χ0v) is 13.4. The van der Waals surface area contributed by atoms with E-state index < -0.39 is 0 Å². The van der Waals surface area contributed by atoms with Gasteiger partial charge in [0, 0.05) is 32.3 Å². The molecule has 0 aliphatic heterocycles. The Labute approximate surface area is 122 Å². The van der Waals surface area contributed by atoms with E-state index >= 15 is 0 Å². The molecule has 0 radical (unpaired) electrons. The number of hydrogen-bond acceptors (Lipinski definition) is 3. The molecule has 4 nitrogen and oxygen atoms in total. The van der Waals surface area contributed by atoms with Crippen LogP contribution < -0.4 is 5.32 Å². The summed E-state index contributed by atoms with van der Waals surface area (Å²) in [6.45, 7) is 5.31. The zero-order valence-electron chi connectivity index (χ0n) is 13.4. The van der Waals surface area contributed by atoms with Crippen LogP contribution in [0.15, 0.2) is 6.07 Å². The molecule has 1 N–H and O–H groups in total. The third kappa shape index (κ3) is 3.07. The Balaban J connectivity index is 2.17. The predicted molar refractivity (Wildman–Crippen MR) is 82.0 cm³/mol. The quantitative estimate of drug-likeness (QED) is 0.833. The highest BCUT2D eigenvalue weighted by Gasteiger charge is 2.41. The van der Waals surface area contributed by atoms with E-state index in [1.807, 2.05) is 18.8 Å². The van der Waals surface area contributed by atoms with Crippen LogP contribution in [0.1, 0.15) is 50.9 Å². The first kappa shape index (κ1) is 15.5. The monoisotopic (exact) mass is 279 g/mol. The van der Waals surface area contributed by atoms with E-state index in [-0.39, 0.29) is 5.60 Å². The van der Waals surface area contributed by atoms with E-state index in [2.05, 4.69) is 30.3 Å². The van der Waals surface area contributed by atoms with Gasteiger partial charge in [-0.1, -0.05) is 26.7 Å². The van der Waals surface area contributed by atoms with Crippen molar-refractivity contribution >= 4 is 0 Å². The molecule has 20 heavy (non-hydrogen) atoms. The maximum absolute atomic E-state index is 5.97.